The summed E-state index contributed by atoms with van der Waals surface area (Å²) in [5.74, 6) is -0.113. The Morgan fingerprint density at radius 2 is 1.07 bits per heavy atom. The van der Waals surface area contributed by atoms with Crippen LogP contribution in [0.5, 0.6) is 0 Å². The van der Waals surface area contributed by atoms with Crippen molar-refractivity contribution in [1.29, 1.82) is 0 Å². The van der Waals surface area contributed by atoms with Gasteiger partial charge in [-0.05, 0) is 19.3 Å². The molecular formula is C30H55Na2O9PS. The van der Waals surface area contributed by atoms with Crippen molar-refractivity contribution in [2.75, 3.05) is 19.0 Å². The summed E-state index contributed by atoms with van der Waals surface area (Å²) in [7, 11) is -5.25. The maximum Gasteiger partial charge on any atom is 1.00 e. The van der Waals surface area contributed by atoms with Crippen LogP contribution < -0.4 is 68.9 Å². The molecule has 0 aromatic heterocycles. The maximum atomic E-state index is 12.2. The summed E-state index contributed by atoms with van der Waals surface area (Å²) in [6.45, 7) is 2.77. The Morgan fingerprint density at radius 1 is 0.651 bits per heavy atom. The Morgan fingerprint density at radius 3 is 1.51 bits per heavy atom. The number of esters is 2. The molecule has 0 saturated carbocycles. The molecule has 0 rings (SSSR count). The van der Waals surface area contributed by atoms with Crippen LogP contribution >= 0.6 is 19.6 Å². The Hall–Kier alpha value is 1.07. The number of hydrogen-bond acceptors (Lipinski definition) is 10. The third-order valence-electron chi connectivity index (χ3n) is 6.71. The van der Waals surface area contributed by atoms with Gasteiger partial charge in [-0.15, -0.1) is 0 Å². The smallest absolute Gasteiger partial charge is 0.790 e. The molecule has 0 amide bonds. The molecule has 0 saturated heterocycles. The van der Waals surface area contributed by atoms with Crippen LogP contribution in [0.3, 0.4) is 0 Å². The molecule has 0 bridgehead atoms. The van der Waals surface area contributed by atoms with Crippen molar-refractivity contribution in [2.45, 2.75) is 155 Å². The summed E-state index contributed by atoms with van der Waals surface area (Å²) in [6, 6.07) is 0. The number of ether oxygens (including phenoxy) is 2. The average Bonchev–Trinajstić information content (AvgIpc) is 2.91. The van der Waals surface area contributed by atoms with Gasteiger partial charge in [0.05, 0.1) is 14.4 Å². The molecule has 13 heteroatoms. The Bertz CT molecular complexity index is 726. The van der Waals surface area contributed by atoms with Crippen LogP contribution in [-0.2, 0) is 32.9 Å². The number of hydrogen-bond donors (Lipinski definition) is 0. The quantitative estimate of drug-likeness (QED) is 0.0486. The van der Waals surface area contributed by atoms with Gasteiger partial charge in [0.15, 0.2) is 11.2 Å². The SMILES string of the molecule is CCCCCCCCCCCCCC(=O)O[C@H](COC(=O)CCCCCCCCCCSC(C)=O)COP(=O)([O-])[O-].[Na+].[Na+]. The van der Waals surface area contributed by atoms with Crippen LogP contribution in [0.15, 0.2) is 0 Å². The first kappa shape index (κ1) is 48.5. The summed E-state index contributed by atoms with van der Waals surface area (Å²) in [4.78, 5) is 56.9. The topological polar surface area (TPSA) is 142 Å². The summed E-state index contributed by atoms with van der Waals surface area (Å²) in [5, 5.41) is 0.166. The van der Waals surface area contributed by atoms with Crippen molar-refractivity contribution in [2.24, 2.45) is 0 Å². The number of phosphoric ester groups is 1. The average molecular weight is 669 g/mol. The predicted octanol–water partition coefficient (Wildman–Crippen LogP) is 0.786. The van der Waals surface area contributed by atoms with Crippen molar-refractivity contribution in [3.63, 3.8) is 0 Å². The number of carbonyl (C=O) groups is 3. The van der Waals surface area contributed by atoms with Crippen LogP contribution in [0.1, 0.15) is 149 Å². The summed E-state index contributed by atoms with van der Waals surface area (Å²) < 4.78 is 25.6. The van der Waals surface area contributed by atoms with E-state index in [1.807, 2.05) is 0 Å². The molecule has 0 aromatic carbocycles. The third-order valence-corrected chi connectivity index (χ3v) is 8.08. The van der Waals surface area contributed by atoms with Crippen LogP contribution in [0, 0.1) is 0 Å². The third kappa shape index (κ3) is 39.2. The van der Waals surface area contributed by atoms with Crippen molar-refractivity contribution in [1.82, 2.24) is 0 Å². The maximum absolute atomic E-state index is 12.2. The summed E-state index contributed by atoms with van der Waals surface area (Å²) >= 11 is 1.37. The molecule has 0 aliphatic heterocycles. The zero-order valence-corrected chi connectivity index (χ0v) is 33.3. The molecule has 242 valence electrons. The summed E-state index contributed by atoms with van der Waals surface area (Å²) in [6.07, 6.45) is 20.0. The van der Waals surface area contributed by atoms with Gasteiger partial charge in [-0.3, -0.25) is 14.4 Å². The van der Waals surface area contributed by atoms with Gasteiger partial charge in [-0.1, -0.05) is 121 Å². The van der Waals surface area contributed by atoms with Crippen molar-refractivity contribution in [3.8, 4) is 0 Å². The molecule has 0 aliphatic rings. The monoisotopic (exact) mass is 668 g/mol. The number of carbonyl (C=O) groups excluding carboxylic acids is 3. The van der Waals surface area contributed by atoms with E-state index in [2.05, 4.69) is 11.4 Å². The van der Waals surface area contributed by atoms with E-state index >= 15 is 0 Å². The van der Waals surface area contributed by atoms with Gasteiger partial charge in [-0.2, -0.15) is 0 Å². The van der Waals surface area contributed by atoms with E-state index < -0.39 is 32.5 Å². The van der Waals surface area contributed by atoms with Crippen LogP contribution in [0.25, 0.3) is 0 Å². The van der Waals surface area contributed by atoms with Crippen LogP contribution in [0.4, 0.5) is 0 Å². The molecule has 0 aromatic rings. The fourth-order valence-corrected chi connectivity index (χ4v) is 5.36. The number of rotatable bonds is 29. The van der Waals surface area contributed by atoms with E-state index in [-0.39, 0.29) is 83.7 Å². The van der Waals surface area contributed by atoms with Gasteiger partial charge in [0.1, 0.15) is 6.61 Å². The molecule has 1 atom stereocenters. The number of unbranched alkanes of at least 4 members (excludes halogenated alkanes) is 17. The van der Waals surface area contributed by atoms with Gasteiger partial charge in [0, 0.05) is 25.5 Å². The van der Waals surface area contributed by atoms with E-state index in [9.17, 15) is 28.7 Å². The van der Waals surface area contributed by atoms with Gasteiger partial charge < -0.3 is 28.3 Å². The second-order valence-electron chi connectivity index (χ2n) is 10.7. The fourth-order valence-electron chi connectivity index (χ4n) is 4.37. The minimum Gasteiger partial charge on any atom is -0.790 e. The Labute approximate surface area is 309 Å². The first-order valence-corrected chi connectivity index (χ1v) is 18.2. The molecule has 0 aliphatic carbocycles. The molecule has 9 nitrogen and oxygen atoms in total. The molecule has 0 radical (unpaired) electrons. The number of thioether (sulfide) groups is 1. The van der Waals surface area contributed by atoms with E-state index in [1.54, 1.807) is 6.92 Å². The van der Waals surface area contributed by atoms with Gasteiger partial charge in [-0.25, -0.2) is 0 Å². The largest absolute Gasteiger partial charge is 1.00 e. The second kappa shape index (κ2) is 34.4. The predicted molar refractivity (Wildman–Crippen MR) is 160 cm³/mol. The standard InChI is InChI=1S/C30H57O9PS.2Na/c1-3-4-5-6-7-8-9-10-14-17-20-23-30(33)39-28(26-38-40(34,35)36)25-37-29(32)22-19-16-13-11-12-15-18-21-24-41-27(2)31;;/h28H,3-26H2,1-2H3,(H2,34,35,36);;/q;2*+1/p-2/t28-;;/m1../s1. The van der Waals surface area contributed by atoms with Crippen LogP contribution in [-0.4, -0.2) is 42.1 Å². The molecule has 0 unspecified atom stereocenters. The van der Waals surface area contributed by atoms with Gasteiger partial charge >= 0.3 is 71.1 Å². The molecule has 0 fully saturated rings. The zero-order chi connectivity index (χ0) is 30.6. The van der Waals surface area contributed by atoms with Crippen LogP contribution in [0.2, 0.25) is 0 Å². The second-order valence-corrected chi connectivity index (χ2v) is 13.2. The summed E-state index contributed by atoms with van der Waals surface area (Å²) in [5.41, 5.74) is 0. The molecule has 0 spiro atoms. The first-order chi connectivity index (χ1) is 19.6. The Kier molecular flexibility index (Phi) is 38.8. The minimum absolute atomic E-state index is 0. The number of phosphoric acid groups is 1. The van der Waals surface area contributed by atoms with Gasteiger partial charge in [0.25, 0.3) is 0 Å². The van der Waals surface area contributed by atoms with Crippen molar-refractivity contribution < 1.29 is 102 Å². The fraction of sp³-hybridized carbons (Fsp3) is 0.900. The zero-order valence-electron chi connectivity index (χ0n) is 27.6. The normalized spacial score (nSPS) is 11.7. The van der Waals surface area contributed by atoms with E-state index in [0.717, 1.165) is 70.0 Å². The molecule has 0 N–H and O–H groups in total. The van der Waals surface area contributed by atoms with Crippen molar-refractivity contribution in [3.05, 3.63) is 0 Å². The minimum atomic E-state index is -5.25. The molecular weight excluding hydrogens is 613 g/mol. The molecule has 43 heavy (non-hydrogen) atoms. The van der Waals surface area contributed by atoms with Gasteiger partial charge in [0.2, 0.25) is 0 Å². The van der Waals surface area contributed by atoms with E-state index in [1.165, 1.54) is 56.7 Å². The Balaban J connectivity index is -0.00000800. The van der Waals surface area contributed by atoms with Crippen molar-refractivity contribution >= 4 is 36.6 Å². The molecule has 0 heterocycles. The van der Waals surface area contributed by atoms with E-state index in [4.69, 9.17) is 9.47 Å². The van der Waals surface area contributed by atoms with E-state index in [0.29, 0.717) is 12.8 Å². The first-order valence-electron chi connectivity index (χ1n) is 15.8.